The molecular formula is C18H38N2O. The number of hydrogen-bond donors (Lipinski definition) is 2. The standard InChI is InChI=1S/C18H38N2O/c1-6-11-19-17-16(9-7-10-18(17,4)5)14-20(15(2)3)12-8-13-21/h15-17,19,21H,6-14H2,1-5H3. The molecular weight excluding hydrogens is 260 g/mol. The lowest BCUT2D eigenvalue weighted by atomic mass is 9.67. The molecule has 0 radical (unpaired) electrons. The van der Waals surface area contributed by atoms with Crippen LogP contribution in [0.15, 0.2) is 0 Å². The maximum absolute atomic E-state index is 9.11. The summed E-state index contributed by atoms with van der Waals surface area (Å²) in [6.45, 7) is 15.3. The zero-order valence-corrected chi connectivity index (χ0v) is 15.0. The fourth-order valence-electron chi connectivity index (χ4n) is 3.85. The number of aliphatic hydroxyl groups excluding tert-OH is 1. The van der Waals surface area contributed by atoms with Crippen LogP contribution >= 0.6 is 0 Å². The van der Waals surface area contributed by atoms with Crippen molar-refractivity contribution in [1.82, 2.24) is 10.2 Å². The first kappa shape index (κ1) is 18.9. The van der Waals surface area contributed by atoms with E-state index >= 15 is 0 Å². The molecule has 0 heterocycles. The molecule has 0 aromatic rings. The van der Waals surface area contributed by atoms with E-state index in [0.717, 1.165) is 25.4 Å². The fraction of sp³-hybridized carbons (Fsp3) is 1.00. The van der Waals surface area contributed by atoms with Crippen molar-refractivity contribution in [2.24, 2.45) is 11.3 Å². The lowest BCUT2D eigenvalue weighted by Crippen LogP contribution is -2.53. The lowest BCUT2D eigenvalue weighted by molar-refractivity contribution is 0.0668. The Morgan fingerprint density at radius 2 is 2.05 bits per heavy atom. The number of nitrogens with one attached hydrogen (secondary N) is 1. The minimum absolute atomic E-state index is 0.302. The third-order valence-electron chi connectivity index (χ3n) is 5.13. The van der Waals surface area contributed by atoms with E-state index in [2.05, 4.69) is 44.8 Å². The summed E-state index contributed by atoms with van der Waals surface area (Å²) < 4.78 is 0. The van der Waals surface area contributed by atoms with E-state index in [1.807, 2.05) is 0 Å². The number of rotatable bonds is 9. The zero-order chi connectivity index (χ0) is 15.9. The van der Waals surface area contributed by atoms with E-state index in [1.54, 1.807) is 0 Å². The molecule has 0 aliphatic heterocycles. The molecule has 1 rings (SSSR count). The van der Waals surface area contributed by atoms with Gasteiger partial charge in [-0.2, -0.15) is 0 Å². The molecule has 0 aromatic heterocycles. The summed E-state index contributed by atoms with van der Waals surface area (Å²) in [5, 5.41) is 13.0. The smallest absolute Gasteiger partial charge is 0.0443 e. The molecule has 2 atom stereocenters. The Bertz CT molecular complexity index is 278. The zero-order valence-electron chi connectivity index (χ0n) is 15.0. The summed E-state index contributed by atoms with van der Waals surface area (Å²) in [6.07, 6.45) is 6.13. The molecule has 3 nitrogen and oxygen atoms in total. The predicted octanol–water partition coefficient (Wildman–Crippen LogP) is 3.27. The quantitative estimate of drug-likeness (QED) is 0.686. The molecule has 1 fully saturated rings. The van der Waals surface area contributed by atoms with Gasteiger partial charge in [-0.05, 0) is 57.4 Å². The second kappa shape index (κ2) is 9.12. The second-order valence-corrected chi connectivity index (χ2v) is 7.74. The van der Waals surface area contributed by atoms with Crippen LogP contribution in [0.5, 0.6) is 0 Å². The molecule has 21 heavy (non-hydrogen) atoms. The van der Waals surface area contributed by atoms with Gasteiger partial charge in [0.2, 0.25) is 0 Å². The van der Waals surface area contributed by atoms with Crippen LogP contribution in [0.2, 0.25) is 0 Å². The van der Waals surface area contributed by atoms with Crippen LogP contribution in [-0.2, 0) is 0 Å². The average Bonchev–Trinajstić information content (AvgIpc) is 2.41. The summed E-state index contributed by atoms with van der Waals surface area (Å²) in [7, 11) is 0. The highest BCUT2D eigenvalue weighted by molar-refractivity contribution is 4.94. The van der Waals surface area contributed by atoms with Gasteiger partial charge in [-0.3, -0.25) is 0 Å². The van der Waals surface area contributed by atoms with Gasteiger partial charge in [0.1, 0.15) is 0 Å². The van der Waals surface area contributed by atoms with Crippen LogP contribution < -0.4 is 5.32 Å². The minimum Gasteiger partial charge on any atom is -0.396 e. The molecule has 1 aliphatic rings. The van der Waals surface area contributed by atoms with Crippen LogP contribution in [0.4, 0.5) is 0 Å². The number of aliphatic hydroxyl groups is 1. The van der Waals surface area contributed by atoms with Crippen molar-refractivity contribution in [3.8, 4) is 0 Å². The summed E-state index contributed by atoms with van der Waals surface area (Å²) in [4.78, 5) is 2.56. The second-order valence-electron chi connectivity index (χ2n) is 7.74. The highest BCUT2D eigenvalue weighted by atomic mass is 16.3. The highest BCUT2D eigenvalue weighted by Crippen LogP contribution is 2.39. The van der Waals surface area contributed by atoms with Crippen LogP contribution in [0.3, 0.4) is 0 Å². The van der Waals surface area contributed by atoms with E-state index in [9.17, 15) is 0 Å². The van der Waals surface area contributed by atoms with Crippen molar-refractivity contribution in [3.63, 3.8) is 0 Å². The Balaban J connectivity index is 2.70. The average molecular weight is 299 g/mol. The van der Waals surface area contributed by atoms with Gasteiger partial charge in [0.05, 0.1) is 0 Å². The first-order valence-corrected chi connectivity index (χ1v) is 9.00. The minimum atomic E-state index is 0.302. The van der Waals surface area contributed by atoms with Crippen LogP contribution in [0, 0.1) is 11.3 Å². The fourth-order valence-corrected chi connectivity index (χ4v) is 3.85. The molecule has 2 unspecified atom stereocenters. The van der Waals surface area contributed by atoms with Gasteiger partial charge in [-0.15, -0.1) is 0 Å². The number of hydrogen-bond acceptors (Lipinski definition) is 3. The Labute approximate surface area is 132 Å². The van der Waals surface area contributed by atoms with Gasteiger partial charge < -0.3 is 15.3 Å². The SMILES string of the molecule is CCCNC1C(CN(CCCO)C(C)C)CCCC1(C)C. The van der Waals surface area contributed by atoms with Crippen molar-refractivity contribution < 1.29 is 5.11 Å². The van der Waals surface area contributed by atoms with E-state index in [0.29, 0.717) is 24.1 Å². The topological polar surface area (TPSA) is 35.5 Å². The maximum atomic E-state index is 9.11. The molecule has 0 aromatic carbocycles. The lowest BCUT2D eigenvalue weighted by Gasteiger charge is -2.46. The van der Waals surface area contributed by atoms with Crippen molar-refractivity contribution in [2.75, 3.05) is 26.2 Å². The van der Waals surface area contributed by atoms with Crippen LogP contribution in [0.1, 0.15) is 66.7 Å². The monoisotopic (exact) mass is 298 g/mol. The normalized spacial score (nSPS) is 25.7. The van der Waals surface area contributed by atoms with Gasteiger partial charge in [-0.1, -0.05) is 27.2 Å². The van der Waals surface area contributed by atoms with Gasteiger partial charge in [-0.25, -0.2) is 0 Å². The van der Waals surface area contributed by atoms with Gasteiger partial charge in [0.15, 0.2) is 0 Å². The number of nitrogens with zero attached hydrogens (tertiary/aromatic N) is 1. The molecule has 1 aliphatic carbocycles. The van der Waals surface area contributed by atoms with Gasteiger partial charge in [0, 0.05) is 31.8 Å². The first-order chi connectivity index (χ1) is 9.92. The Kier molecular flexibility index (Phi) is 8.22. The Morgan fingerprint density at radius 3 is 2.62 bits per heavy atom. The van der Waals surface area contributed by atoms with Crippen molar-refractivity contribution in [2.45, 2.75) is 78.8 Å². The van der Waals surface area contributed by atoms with Crippen molar-refractivity contribution in [3.05, 3.63) is 0 Å². The molecule has 0 amide bonds. The summed E-state index contributed by atoms with van der Waals surface area (Å²) in [6, 6.07) is 1.19. The summed E-state index contributed by atoms with van der Waals surface area (Å²) in [5.41, 5.74) is 0.401. The van der Waals surface area contributed by atoms with Crippen LogP contribution in [0.25, 0.3) is 0 Å². The summed E-state index contributed by atoms with van der Waals surface area (Å²) >= 11 is 0. The first-order valence-electron chi connectivity index (χ1n) is 9.00. The molecule has 0 spiro atoms. The maximum Gasteiger partial charge on any atom is 0.0443 e. The van der Waals surface area contributed by atoms with Gasteiger partial charge in [0.25, 0.3) is 0 Å². The van der Waals surface area contributed by atoms with E-state index in [-0.39, 0.29) is 0 Å². The van der Waals surface area contributed by atoms with Crippen LogP contribution in [-0.4, -0.2) is 48.3 Å². The van der Waals surface area contributed by atoms with Crippen molar-refractivity contribution >= 4 is 0 Å². The highest BCUT2D eigenvalue weighted by Gasteiger charge is 2.39. The summed E-state index contributed by atoms with van der Waals surface area (Å²) in [5.74, 6) is 0.737. The molecule has 0 bridgehead atoms. The third-order valence-corrected chi connectivity index (χ3v) is 5.13. The van der Waals surface area contributed by atoms with E-state index in [1.165, 1.54) is 32.2 Å². The molecule has 2 N–H and O–H groups in total. The van der Waals surface area contributed by atoms with Gasteiger partial charge >= 0.3 is 0 Å². The largest absolute Gasteiger partial charge is 0.396 e. The van der Waals surface area contributed by atoms with E-state index < -0.39 is 0 Å². The predicted molar refractivity (Wildman–Crippen MR) is 91.6 cm³/mol. The third kappa shape index (κ3) is 5.88. The Morgan fingerprint density at radius 1 is 1.33 bits per heavy atom. The van der Waals surface area contributed by atoms with Crippen molar-refractivity contribution in [1.29, 1.82) is 0 Å². The molecule has 0 saturated heterocycles. The molecule has 1 saturated carbocycles. The Hall–Kier alpha value is -0.120. The van der Waals surface area contributed by atoms with E-state index in [4.69, 9.17) is 5.11 Å². The molecule has 126 valence electrons. The molecule has 3 heteroatoms.